The average Bonchev–Trinajstić information content (AvgIpc) is 2.89. The average molecular weight is 280 g/mol. The highest BCUT2D eigenvalue weighted by atomic mass is 35.5. The van der Waals surface area contributed by atoms with Crippen molar-refractivity contribution in [3.8, 4) is 0 Å². The third-order valence-corrected chi connectivity index (χ3v) is 4.92. The Bertz CT molecular complexity index is 322. The Morgan fingerprint density at radius 3 is 2.65 bits per heavy atom. The molecule has 0 heterocycles. The highest BCUT2D eigenvalue weighted by Gasteiger charge is 2.56. The van der Waals surface area contributed by atoms with E-state index < -0.39 is 4.33 Å². The molecule has 0 aliphatic heterocycles. The normalized spacial score (nSPS) is 39.8. The molecule has 0 aromatic heterocycles. The molecule has 2 saturated carbocycles. The fourth-order valence-electron chi connectivity index (χ4n) is 2.50. The molecule has 5 heteroatoms. The first kappa shape index (κ1) is 13.4. The predicted molar refractivity (Wildman–Crippen MR) is 68.1 cm³/mol. The standard InChI is InChI=1S/C12H19Cl2NO2/c1-11(5-3-2-4-9(11)16)7-15-10(17)8-6-12(8,13)14/h8-9,16H,2-7H2,1H3,(H,15,17). The van der Waals surface area contributed by atoms with Gasteiger partial charge in [0, 0.05) is 12.0 Å². The third kappa shape index (κ3) is 2.88. The molecular formula is C12H19Cl2NO2. The number of hydrogen-bond acceptors (Lipinski definition) is 2. The van der Waals surface area contributed by atoms with Crippen LogP contribution in [0.5, 0.6) is 0 Å². The first-order valence-electron chi connectivity index (χ1n) is 6.19. The van der Waals surface area contributed by atoms with Crippen LogP contribution in [-0.4, -0.2) is 28.0 Å². The van der Waals surface area contributed by atoms with Gasteiger partial charge in [0.25, 0.3) is 0 Å². The molecule has 2 N–H and O–H groups in total. The zero-order valence-corrected chi connectivity index (χ0v) is 11.5. The fourth-order valence-corrected chi connectivity index (χ4v) is 3.00. The summed E-state index contributed by atoms with van der Waals surface area (Å²) in [6.07, 6.45) is 4.16. The monoisotopic (exact) mass is 279 g/mol. The molecule has 2 aliphatic carbocycles. The van der Waals surface area contributed by atoms with E-state index in [1.807, 2.05) is 6.92 Å². The third-order valence-electron chi connectivity index (χ3n) is 4.09. The second kappa shape index (κ2) is 4.60. The Hall–Kier alpha value is 0.01000. The van der Waals surface area contributed by atoms with Crippen molar-refractivity contribution in [2.75, 3.05) is 6.54 Å². The lowest BCUT2D eigenvalue weighted by Crippen LogP contribution is -2.45. The van der Waals surface area contributed by atoms with E-state index in [0.29, 0.717) is 13.0 Å². The van der Waals surface area contributed by atoms with E-state index in [2.05, 4.69) is 5.32 Å². The first-order chi connectivity index (χ1) is 7.85. The van der Waals surface area contributed by atoms with Gasteiger partial charge in [-0.1, -0.05) is 19.8 Å². The van der Waals surface area contributed by atoms with Crippen LogP contribution < -0.4 is 5.32 Å². The summed E-state index contributed by atoms with van der Waals surface area (Å²) in [4.78, 5) is 11.8. The number of amides is 1. The van der Waals surface area contributed by atoms with E-state index in [1.54, 1.807) is 0 Å². The topological polar surface area (TPSA) is 49.3 Å². The Labute approximate surface area is 112 Å². The molecule has 1 amide bonds. The minimum absolute atomic E-state index is 0.0889. The van der Waals surface area contributed by atoms with Crippen LogP contribution in [-0.2, 0) is 4.79 Å². The molecule has 0 aromatic carbocycles. The van der Waals surface area contributed by atoms with Gasteiger partial charge in [-0.2, -0.15) is 0 Å². The SMILES string of the molecule is CC1(CNC(=O)C2CC2(Cl)Cl)CCCCC1O. The lowest BCUT2D eigenvalue weighted by molar-refractivity contribution is -0.123. The van der Waals surface area contributed by atoms with Crippen LogP contribution in [0.4, 0.5) is 0 Å². The predicted octanol–water partition coefficient (Wildman–Crippen LogP) is 2.24. The molecule has 2 fully saturated rings. The van der Waals surface area contributed by atoms with Crippen molar-refractivity contribution < 1.29 is 9.90 Å². The molecule has 2 rings (SSSR count). The van der Waals surface area contributed by atoms with Crippen LogP contribution in [0.2, 0.25) is 0 Å². The van der Waals surface area contributed by atoms with Gasteiger partial charge in [0.1, 0.15) is 4.33 Å². The fraction of sp³-hybridized carbons (Fsp3) is 0.917. The summed E-state index contributed by atoms with van der Waals surface area (Å²) in [5, 5.41) is 12.9. The Kier molecular flexibility index (Phi) is 3.64. The highest BCUT2D eigenvalue weighted by Crippen LogP contribution is 2.53. The summed E-state index contributed by atoms with van der Waals surface area (Å²) in [5.41, 5.74) is -0.204. The largest absolute Gasteiger partial charge is 0.392 e. The van der Waals surface area contributed by atoms with Gasteiger partial charge in [-0.3, -0.25) is 4.79 Å². The summed E-state index contributed by atoms with van der Waals surface area (Å²) in [7, 11) is 0. The Morgan fingerprint density at radius 2 is 2.12 bits per heavy atom. The number of carbonyl (C=O) groups is 1. The van der Waals surface area contributed by atoms with Gasteiger partial charge >= 0.3 is 0 Å². The number of hydrogen-bond donors (Lipinski definition) is 2. The van der Waals surface area contributed by atoms with E-state index in [-0.39, 0.29) is 23.3 Å². The van der Waals surface area contributed by atoms with Gasteiger partial charge in [0.15, 0.2) is 0 Å². The van der Waals surface area contributed by atoms with E-state index >= 15 is 0 Å². The van der Waals surface area contributed by atoms with Gasteiger partial charge in [0.05, 0.1) is 12.0 Å². The second-order valence-electron chi connectivity index (χ2n) is 5.65. The summed E-state index contributed by atoms with van der Waals surface area (Å²) in [6.45, 7) is 2.53. The summed E-state index contributed by atoms with van der Waals surface area (Å²) in [6, 6.07) is 0. The molecule has 3 unspecified atom stereocenters. The zero-order valence-electron chi connectivity index (χ0n) is 10.0. The number of aliphatic hydroxyl groups excluding tert-OH is 1. The zero-order chi connectivity index (χ0) is 12.7. The van der Waals surface area contributed by atoms with Crippen molar-refractivity contribution in [2.45, 2.75) is 49.5 Å². The van der Waals surface area contributed by atoms with Crippen LogP contribution in [0.1, 0.15) is 39.0 Å². The number of aliphatic hydroxyl groups is 1. The Balaban J connectivity index is 1.83. The van der Waals surface area contributed by atoms with Crippen molar-refractivity contribution in [3.05, 3.63) is 0 Å². The molecule has 0 spiro atoms. The summed E-state index contributed by atoms with van der Waals surface area (Å²) in [5.74, 6) is -0.371. The van der Waals surface area contributed by atoms with E-state index in [9.17, 15) is 9.90 Å². The van der Waals surface area contributed by atoms with Crippen molar-refractivity contribution in [3.63, 3.8) is 0 Å². The molecule has 0 radical (unpaired) electrons. The quantitative estimate of drug-likeness (QED) is 0.779. The number of nitrogens with one attached hydrogen (secondary N) is 1. The van der Waals surface area contributed by atoms with E-state index in [1.165, 1.54) is 0 Å². The number of halogens is 2. The van der Waals surface area contributed by atoms with Crippen molar-refractivity contribution in [1.29, 1.82) is 0 Å². The van der Waals surface area contributed by atoms with E-state index in [0.717, 1.165) is 25.7 Å². The smallest absolute Gasteiger partial charge is 0.226 e. The maximum Gasteiger partial charge on any atom is 0.226 e. The molecule has 3 atom stereocenters. The second-order valence-corrected chi connectivity index (χ2v) is 7.19. The molecule has 3 nitrogen and oxygen atoms in total. The van der Waals surface area contributed by atoms with Crippen LogP contribution in [0.3, 0.4) is 0 Å². The maximum atomic E-state index is 11.8. The summed E-state index contributed by atoms with van der Waals surface area (Å²) >= 11 is 11.7. The highest BCUT2D eigenvalue weighted by molar-refractivity contribution is 6.52. The van der Waals surface area contributed by atoms with Crippen LogP contribution in [0.15, 0.2) is 0 Å². The van der Waals surface area contributed by atoms with Gasteiger partial charge in [0.2, 0.25) is 5.91 Å². The van der Waals surface area contributed by atoms with E-state index in [4.69, 9.17) is 23.2 Å². The molecule has 0 bridgehead atoms. The minimum atomic E-state index is -0.865. The molecule has 0 saturated heterocycles. The molecule has 98 valence electrons. The lowest BCUT2D eigenvalue weighted by atomic mass is 9.73. The van der Waals surface area contributed by atoms with Crippen molar-refractivity contribution in [1.82, 2.24) is 5.32 Å². The van der Waals surface area contributed by atoms with Gasteiger partial charge in [-0.05, 0) is 19.3 Å². The number of rotatable bonds is 3. The first-order valence-corrected chi connectivity index (χ1v) is 6.94. The molecule has 17 heavy (non-hydrogen) atoms. The van der Waals surface area contributed by atoms with Gasteiger partial charge in [-0.15, -0.1) is 23.2 Å². The van der Waals surface area contributed by atoms with Crippen LogP contribution in [0.25, 0.3) is 0 Å². The number of alkyl halides is 2. The lowest BCUT2D eigenvalue weighted by Gasteiger charge is -2.38. The maximum absolute atomic E-state index is 11.8. The minimum Gasteiger partial charge on any atom is -0.392 e. The van der Waals surface area contributed by atoms with Crippen molar-refractivity contribution >= 4 is 29.1 Å². The van der Waals surface area contributed by atoms with Crippen LogP contribution in [0, 0.1) is 11.3 Å². The molecule has 2 aliphatic rings. The Morgan fingerprint density at radius 1 is 1.47 bits per heavy atom. The van der Waals surface area contributed by atoms with Crippen LogP contribution >= 0.6 is 23.2 Å². The number of carbonyl (C=O) groups excluding carboxylic acids is 1. The van der Waals surface area contributed by atoms with Gasteiger partial charge in [-0.25, -0.2) is 0 Å². The molecule has 0 aromatic rings. The van der Waals surface area contributed by atoms with Crippen molar-refractivity contribution in [2.24, 2.45) is 11.3 Å². The summed E-state index contributed by atoms with van der Waals surface area (Å²) < 4.78 is -0.865. The molecular weight excluding hydrogens is 261 g/mol. The van der Waals surface area contributed by atoms with Gasteiger partial charge < -0.3 is 10.4 Å².